The molecular weight excluding hydrogens is 288 g/mol. The van der Waals surface area contributed by atoms with E-state index in [-0.39, 0.29) is 23.6 Å². The zero-order valence-electron chi connectivity index (χ0n) is 11.1. The summed E-state index contributed by atoms with van der Waals surface area (Å²) in [7, 11) is 0. The number of hydrogen-bond acceptors (Lipinski definition) is 6. The standard InChI is InChI=1S/C14H12N4O2S/c15-7-12-13(17-4-3-16-12)20-11-1-5-18(8-11)14(19)10-2-6-21-9-10/h2-4,6,9,11H,1,5,8H2/t11-/m0/s1. The summed E-state index contributed by atoms with van der Waals surface area (Å²) in [5.74, 6) is 0.247. The highest BCUT2D eigenvalue weighted by Gasteiger charge is 2.29. The molecule has 0 unspecified atom stereocenters. The van der Waals surface area contributed by atoms with Crippen LogP contribution in [0.1, 0.15) is 22.5 Å². The second kappa shape index (κ2) is 5.89. The van der Waals surface area contributed by atoms with E-state index in [1.165, 1.54) is 23.7 Å². The molecule has 1 atom stereocenters. The first-order chi connectivity index (χ1) is 10.3. The van der Waals surface area contributed by atoms with E-state index < -0.39 is 0 Å². The maximum Gasteiger partial charge on any atom is 0.254 e. The van der Waals surface area contributed by atoms with Crippen molar-refractivity contribution in [2.75, 3.05) is 13.1 Å². The van der Waals surface area contributed by atoms with Gasteiger partial charge in [0.05, 0.1) is 12.1 Å². The van der Waals surface area contributed by atoms with E-state index in [1.54, 1.807) is 4.90 Å². The Labute approximate surface area is 125 Å². The van der Waals surface area contributed by atoms with E-state index in [4.69, 9.17) is 10.00 Å². The minimum Gasteiger partial charge on any atom is -0.470 e. The lowest BCUT2D eigenvalue weighted by molar-refractivity contribution is 0.0771. The number of thiophene rings is 1. The van der Waals surface area contributed by atoms with Gasteiger partial charge in [-0.2, -0.15) is 16.6 Å². The molecule has 3 rings (SSSR count). The third kappa shape index (κ3) is 2.85. The van der Waals surface area contributed by atoms with Crippen LogP contribution >= 0.6 is 11.3 Å². The molecule has 0 saturated carbocycles. The first-order valence-electron chi connectivity index (χ1n) is 6.47. The van der Waals surface area contributed by atoms with Crippen LogP contribution < -0.4 is 4.74 Å². The molecule has 2 aromatic heterocycles. The normalized spacial score (nSPS) is 17.5. The van der Waals surface area contributed by atoms with Gasteiger partial charge in [-0.05, 0) is 11.4 Å². The fraction of sp³-hybridized carbons (Fsp3) is 0.286. The van der Waals surface area contributed by atoms with E-state index in [0.717, 1.165) is 6.42 Å². The average Bonchev–Trinajstić information content (AvgIpc) is 3.19. The molecule has 1 amide bonds. The van der Waals surface area contributed by atoms with Crippen LogP contribution in [0.5, 0.6) is 5.88 Å². The molecule has 106 valence electrons. The molecule has 2 aromatic rings. The van der Waals surface area contributed by atoms with E-state index in [9.17, 15) is 4.79 Å². The zero-order valence-corrected chi connectivity index (χ0v) is 11.9. The first-order valence-corrected chi connectivity index (χ1v) is 7.41. The quantitative estimate of drug-likeness (QED) is 0.862. The Morgan fingerprint density at radius 2 is 2.33 bits per heavy atom. The number of amides is 1. The predicted molar refractivity (Wildman–Crippen MR) is 76.0 cm³/mol. The minimum atomic E-state index is -0.156. The molecule has 1 aliphatic rings. The molecule has 1 aliphatic heterocycles. The second-order valence-electron chi connectivity index (χ2n) is 4.61. The fourth-order valence-electron chi connectivity index (χ4n) is 2.22. The van der Waals surface area contributed by atoms with Crippen molar-refractivity contribution in [2.24, 2.45) is 0 Å². The molecule has 1 fully saturated rings. The summed E-state index contributed by atoms with van der Waals surface area (Å²) in [6.07, 6.45) is 3.50. The smallest absolute Gasteiger partial charge is 0.254 e. The van der Waals surface area contributed by atoms with E-state index in [2.05, 4.69) is 9.97 Å². The van der Waals surface area contributed by atoms with Crippen molar-refractivity contribution < 1.29 is 9.53 Å². The summed E-state index contributed by atoms with van der Waals surface area (Å²) in [6, 6.07) is 3.77. The van der Waals surface area contributed by atoms with Gasteiger partial charge < -0.3 is 9.64 Å². The largest absolute Gasteiger partial charge is 0.470 e. The predicted octanol–water partition coefficient (Wildman–Crippen LogP) is 1.70. The monoisotopic (exact) mass is 300 g/mol. The number of carbonyl (C=O) groups is 1. The van der Waals surface area contributed by atoms with Crippen molar-refractivity contribution in [1.29, 1.82) is 5.26 Å². The van der Waals surface area contributed by atoms with Gasteiger partial charge in [0.15, 0.2) is 0 Å². The van der Waals surface area contributed by atoms with Crippen LogP contribution in [0.3, 0.4) is 0 Å². The summed E-state index contributed by atoms with van der Waals surface area (Å²) >= 11 is 1.50. The van der Waals surface area contributed by atoms with Gasteiger partial charge in [-0.25, -0.2) is 9.97 Å². The summed E-state index contributed by atoms with van der Waals surface area (Å²) in [6.45, 7) is 1.14. The van der Waals surface area contributed by atoms with Gasteiger partial charge in [0.25, 0.3) is 11.8 Å². The number of nitriles is 1. The summed E-state index contributed by atoms with van der Waals surface area (Å²) in [5.41, 5.74) is 0.873. The van der Waals surface area contributed by atoms with Crippen LogP contribution in [-0.4, -0.2) is 40.0 Å². The second-order valence-corrected chi connectivity index (χ2v) is 5.39. The Kier molecular flexibility index (Phi) is 3.79. The van der Waals surface area contributed by atoms with Gasteiger partial charge in [0.2, 0.25) is 5.69 Å². The summed E-state index contributed by atoms with van der Waals surface area (Å²) < 4.78 is 5.71. The SMILES string of the molecule is N#Cc1nccnc1O[C@H]1CCN(C(=O)c2ccsc2)C1. The molecular formula is C14H12N4O2S. The highest BCUT2D eigenvalue weighted by molar-refractivity contribution is 7.08. The third-order valence-corrected chi connectivity index (χ3v) is 3.93. The number of carbonyl (C=O) groups excluding carboxylic acids is 1. The van der Waals surface area contributed by atoms with Crippen molar-refractivity contribution in [1.82, 2.24) is 14.9 Å². The van der Waals surface area contributed by atoms with Gasteiger partial charge in [-0.15, -0.1) is 0 Å². The van der Waals surface area contributed by atoms with Crippen LogP contribution in [0.25, 0.3) is 0 Å². The fourth-order valence-corrected chi connectivity index (χ4v) is 2.85. The molecule has 3 heterocycles. The lowest BCUT2D eigenvalue weighted by atomic mass is 10.3. The van der Waals surface area contributed by atoms with Gasteiger partial charge in [0.1, 0.15) is 12.2 Å². The maximum absolute atomic E-state index is 12.2. The molecule has 0 radical (unpaired) electrons. The van der Waals surface area contributed by atoms with Gasteiger partial charge in [-0.3, -0.25) is 4.79 Å². The molecule has 0 aromatic carbocycles. The van der Waals surface area contributed by atoms with Crippen LogP contribution in [0.2, 0.25) is 0 Å². The van der Waals surface area contributed by atoms with E-state index in [0.29, 0.717) is 18.7 Å². The lowest BCUT2D eigenvalue weighted by Gasteiger charge is -2.16. The number of aromatic nitrogens is 2. The number of likely N-dealkylation sites (tertiary alicyclic amines) is 1. The highest BCUT2D eigenvalue weighted by Crippen LogP contribution is 2.20. The highest BCUT2D eigenvalue weighted by atomic mass is 32.1. The topological polar surface area (TPSA) is 79.1 Å². The zero-order chi connectivity index (χ0) is 14.7. The van der Waals surface area contributed by atoms with Crippen LogP contribution in [0, 0.1) is 11.3 Å². The van der Waals surface area contributed by atoms with Gasteiger partial charge in [-0.1, -0.05) is 0 Å². The summed E-state index contributed by atoms with van der Waals surface area (Å²) in [4.78, 5) is 21.9. The average molecular weight is 300 g/mol. The van der Waals surface area contributed by atoms with Gasteiger partial charge in [0, 0.05) is 30.7 Å². The van der Waals surface area contributed by atoms with Gasteiger partial charge >= 0.3 is 0 Å². The number of rotatable bonds is 3. The molecule has 6 nitrogen and oxygen atoms in total. The Bertz CT molecular complexity index is 681. The van der Waals surface area contributed by atoms with Crippen molar-refractivity contribution >= 4 is 17.2 Å². The minimum absolute atomic E-state index is 0.0157. The molecule has 0 bridgehead atoms. The molecule has 0 aliphatic carbocycles. The maximum atomic E-state index is 12.2. The first kappa shape index (κ1) is 13.5. The number of ether oxygens (including phenoxy) is 1. The lowest BCUT2D eigenvalue weighted by Crippen LogP contribution is -2.30. The Morgan fingerprint density at radius 3 is 3.10 bits per heavy atom. The Hall–Kier alpha value is -2.46. The molecule has 1 saturated heterocycles. The van der Waals surface area contributed by atoms with Crippen LogP contribution in [-0.2, 0) is 0 Å². The number of nitrogens with zero attached hydrogens (tertiary/aromatic N) is 4. The van der Waals surface area contributed by atoms with Crippen molar-refractivity contribution in [2.45, 2.75) is 12.5 Å². The Balaban J connectivity index is 1.65. The third-order valence-electron chi connectivity index (χ3n) is 3.25. The van der Waals surface area contributed by atoms with E-state index in [1.807, 2.05) is 22.9 Å². The molecule has 7 heteroatoms. The molecule has 0 spiro atoms. The van der Waals surface area contributed by atoms with Crippen molar-refractivity contribution in [3.05, 3.63) is 40.5 Å². The molecule has 21 heavy (non-hydrogen) atoms. The van der Waals surface area contributed by atoms with Crippen molar-refractivity contribution in [3.63, 3.8) is 0 Å². The van der Waals surface area contributed by atoms with Crippen LogP contribution in [0.4, 0.5) is 0 Å². The van der Waals surface area contributed by atoms with E-state index >= 15 is 0 Å². The summed E-state index contributed by atoms with van der Waals surface area (Å²) in [5, 5.41) is 12.7. The van der Waals surface area contributed by atoms with Crippen LogP contribution in [0.15, 0.2) is 29.2 Å². The van der Waals surface area contributed by atoms with Crippen molar-refractivity contribution in [3.8, 4) is 11.9 Å². The Morgan fingerprint density at radius 1 is 1.48 bits per heavy atom. The number of hydrogen-bond donors (Lipinski definition) is 0. The molecule has 0 N–H and O–H groups in total.